The minimum atomic E-state index is 0.636. The van der Waals surface area contributed by atoms with E-state index >= 15 is 0 Å². The maximum Gasteiger partial charge on any atom is 0.116 e. The van der Waals surface area contributed by atoms with Crippen molar-refractivity contribution in [3.05, 3.63) is 182 Å². The molecule has 8 nitrogen and oxygen atoms in total. The lowest BCUT2D eigenvalue weighted by Gasteiger charge is -2.17. The lowest BCUT2D eigenvalue weighted by Crippen LogP contribution is -2.13. The average molecular weight is 630 g/mol. The van der Waals surface area contributed by atoms with E-state index in [1.54, 1.807) is 18.6 Å². The van der Waals surface area contributed by atoms with E-state index in [0.717, 1.165) is 28.5 Å². The van der Waals surface area contributed by atoms with E-state index in [4.69, 9.17) is 4.74 Å². The molecule has 1 aliphatic rings. The molecule has 0 amide bonds. The number of pyridine rings is 1. The SMILES string of the molecule is c1ccc2[nH]ccc2c1.c1ccc2c(c1)COCN2.c1ccc2nccnc2c1.c1ccc2nnccc2c1.c1ccn2cccc2c1. The molecule has 48 heavy (non-hydrogen) atoms. The first-order valence-corrected chi connectivity index (χ1v) is 15.6. The molecule has 0 fully saturated rings. The van der Waals surface area contributed by atoms with Gasteiger partial charge in [0.15, 0.2) is 0 Å². The molecule has 0 atom stereocenters. The van der Waals surface area contributed by atoms with Crippen molar-refractivity contribution < 1.29 is 4.74 Å². The van der Waals surface area contributed by atoms with Gasteiger partial charge in [-0.05, 0) is 72.1 Å². The Bertz CT molecular complexity index is 1940. The van der Waals surface area contributed by atoms with Gasteiger partial charge in [0.2, 0.25) is 0 Å². The van der Waals surface area contributed by atoms with Crippen LogP contribution >= 0.6 is 0 Å². The minimum absolute atomic E-state index is 0.636. The minimum Gasteiger partial charge on any atom is -0.362 e. The Balaban J connectivity index is 0.000000105. The number of ether oxygens (including phenoxy) is 1. The first-order chi connectivity index (χ1) is 23.8. The fourth-order valence-electron chi connectivity index (χ4n) is 4.92. The van der Waals surface area contributed by atoms with Gasteiger partial charge in [0, 0.05) is 58.7 Å². The first-order valence-electron chi connectivity index (χ1n) is 15.6. The highest BCUT2D eigenvalue weighted by Gasteiger charge is 2.05. The smallest absolute Gasteiger partial charge is 0.116 e. The quantitative estimate of drug-likeness (QED) is 0.174. The zero-order valence-corrected chi connectivity index (χ0v) is 26.3. The second-order valence-electron chi connectivity index (χ2n) is 10.6. The van der Waals surface area contributed by atoms with Gasteiger partial charge in [-0.2, -0.15) is 10.2 Å². The number of para-hydroxylation sites is 4. The number of fused-ring (bicyclic) bond motifs is 5. The summed E-state index contributed by atoms with van der Waals surface area (Å²) in [5.41, 5.74) is 7.75. The summed E-state index contributed by atoms with van der Waals surface area (Å²) in [6.07, 6.45) is 11.1. The Labute approximate surface area is 278 Å². The Morgan fingerprint density at radius 1 is 0.562 bits per heavy atom. The third kappa shape index (κ3) is 8.87. The zero-order valence-electron chi connectivity index (χ0n) is 26.3. The molecule has 9 aromatic rings. The fraction of sp³-hybridized carbons (Fsp3) is 0.0500. The summed E-state index contributed by atoms with van der Waals surface area (Å²) in [6, 6.07) is 46.4. The van der Waals surface area contributed by atoms with Gasteiger partial charge < -0.3 is 19.4 Å². The van der Waals surface area contributed by atoms with E-state index in [9.17, 15) is 0 Å². The predicted octanol–water partition coefficient (Wildman–Crippen LogP) is 8.95. The second kappa shape index (κ2) is 16.8. The number of rotatable bonds is 0. The highest BCUT2D eigenvalue weighted by Crippen LogP contribution is 2.18. The molecule has 0 unspecified atom stereocenters. The van der Waals surface area contributed by atoms with Gasteiger partial charge in [-0.15, -0.1) is 0 Å². The average Bonchev–Trinajstić information content (AvgIpc) is 3.87. The number of benzene rings is 4. The fourth-order valence-corrected chi connectivity index (χ4v) is 4.92. The van der Waals surface area contributed by atoms with Gasteiger partial charge in [-0.1, -0.05) is 72.8 Å². The van der Waals surface area contributed by atoms with E-state index in [1.807, 2.05) is 116 Å². The van der Waals surface area contributed by atoms with Crippen LogP contribution in [0.3, 0.4) is 0 Å². The summed E-state index contributed by atoms with van der Waals surface area (Å²) < 4.78 is 7.27. The molecule has 0 saturated carbocycles. The number of anilines is 1. The van der Waals surface area contributed by atoms with Crippen molar-refractivity contribution in [2.75, 3.05) is 12.0 Å². The summed E-state index contributed by atoms with van der Waals surface area (Å²) in [5.74, 6) is 0. The molecule has 0 bridgehead atoms. The summed E-state index contributed by atoms with van der Waals surface area (Å²) in [5, 5.41) is 13.2. The molecule has 10 rings (SSSR count). The summed E-state index contributed by atoms with van der Waals surface area (Å²) >= 11 is 0. The highest BCUT2D eigenvalue weighted by atomic mass is 16.5. The van der Waals surface area contributed by atoms with E-state index in [2.05, 4.69) is 77.3 Å². The molecule has 2 N–H and O–H groups in total. The van der Waals surface area contributed by atoms with Crippen LogP contribution in [0.5, 0.6) is 0 Å². The molecule has 6 heterocycles. The van der Waals surface area contributed by atoms with Gasteiger partial charge in [-0.25, -0.2) is 0 Å². The molecular formula is C40H35N7O. The van der Waals surface area contributed by atoms with Gasteiger partial charge in [0.1, 0.15) is 6.73 Å². The van der Waals surface area contributed by atoms with Crippen LogP contribution < -0.4 is 5.32 Å². The Kier molecular flexibility index (Phi) is 11.1. The molecule has 1 aliphatic heterocycles. The molecule has 0 radical (unpaired) electrons. The lowest BCUT2D eigenvalue weighted by atomic mass is 10.2. The van der Waals surface area contributed by atoms with Crippen LogP contribution in [0.25, 0.3) is 38.4 Å². The standard InChI is InChI=1S/2C8H6N2.C8H9NO.2C8H7N/c1-2-4-8-7(3-1)9-5-6-10-8;1-2-4-8-7(3-1)5-6-9-10-8;1-2-4-8-7(3-1)5-10-6-9-8;1-2-6-9-7-3-5-8(9)4-1;1-2-4-8-7(3-1)5-6-9-8/h2*1-6H;1-4,9H,5-6H2;1-7H;1-6,9H. The summed E-state index contributed by atoms with van der Waals surface area (Å²) in [4.78, 5) is 11.4. The normalized spacial score (nSPS) is 11.2. The molecule has 236 valence electrons. The molecule has 8 heteroatoms. The number of nitrogens with one attached hydrogen (secondary N) is 2. The Hall–Kier alpha value is -6.38. The van der Waals surface area contributed by atoms with Gasteiger partial charge >= 0.3 is 0 Å². The monoisotopic (exact) mass is 629 g/mol. The molecular weight excluding hydrogens is 594 g/mol. The highest BCUT2D eigenvalue weighted by molar-refractivity contribution is 5.79. The largest absolute Gasteiger partial charge is 0.362 e. The van der Waals surface area contributed by atoms with Crippen molar-refractivity contribution in [2.45, 2.75) is 6.61 Å². The number of aromatic nitrogens is 6. The topological polar surface area (TPSA) is 93.0 Å². The van der Waals surface area contributed by atoms with Crippen molar-refractivity contribution in [3.8, 4) is 0 Å². The van der Waals surface area contributed by atoms with E-state index in [0.29, 0.717) is 6.73 Å². The summed E-state index contributed by atoms with van der Waals surface area (Å²) in [7, 11) is 0. The number of hydrogen-bond donors (Lipinski definition) is 2. The second-order valence-corrected chi connectivity index (χ2v) is 10.6. The van der Waals surface area contributed by atoms with Gasteiger partial charge in [0.25, 0.3) is 0 Å². The van der Waals surface area contributed by atoms with Crippen LogP contribution in [-0.4, -0.2) is 36.3 Å². The first kappa shape index (κ1) is 31.6. The van der Waals surface area contributed by atoms with Crippen LogP contribution in [0, 0.1) is 0 Å². The number of nitrogens with zero attached hydrogens (tertiary/aromatic N) is 5. The Morgan fingerprint density at radius 2 is 1.23 bits per heavy atom. The van der Waals surface area contributed by atoms with Crippen LogP contribution in [-0.2, 0) is 11.3 Å². The maximum absolute atomic E-state index is 5.18. The van der Waals surface area contributed by atoms with Crippen LogP contribution in [0.4, 0.5) is 5.69 Å². The predicted molar refractivity (Wildman–Crippen MR) is 194 cm³/mol. The third-order valence-electron chi connectivity index (χ3n) is 7.34. The van der Waals surface area contributed by atoms with Crippen LogP contribution in [0.1, 0.15) is 5.56 Å². The molecule has 5 aromatic heterocycles. The number of hydrogen-bond acceptors (Lipinski definition) is 6. The maximum atomic E-state index is 5.18. The summed E-state index contributed by atoms with van der Waals surface area (Å²) in [6.45, 7) is 1.38. The van der Waals surface area contributed by atoms with Gasteiger partial charge in [0.05, 0.1) is 29.4 Å². The van der Waals surface area contributed by atoms with E-state index in [-0.39, 0.29) is 0 Å². The number of aromatic amines is 1. The van der Waals surface area contributed by atoms with Crippen molar-refractivity contribution in [3.63, 3.8) is 0 Å². The third-order valence-corrected chi connectivity index (χ3v) is 7.34. The number of H-pyrrole nitrogens is 1. The van der Waals surface area contributed by atoms with E-state index < -0.39 is 0 Å². The van der Waals surface area contributed by atoms with Crippen molar-refractivity contribution in [1.82, 2.24) is 29.5 Å². The molecule has 0 saturated heterocycles. The molecule has 0 spiro atoms. The van der Waals surface area contributed by atoms with Crippen molar-refractivity contribution >= 4 is 44.0 Å². The van der Waals surface area contributed by atoms with Crippen LogP contribution in [0.15, 0.2) is 177 Å². The van der Waals surface area contributed by atoms with Crippen molar-refractivity contribution in [1.29, 1.82) is 0 Å². The van der Waals surface area contributed by atoms with Crippen molar-refractivity contribution in [2.24, 2.45) is 0 Å². The molecule has 0 aliphatic carbocycles. The Morgan fingerprint density at radius 3 is 2.00 bits per heavy atom. The molecule has 4 aromatic carbocycles. The van der Waals surface area contributed by atoms with Crippen LogP contribution in [0.2, 0.25) is 0 Å². The van der Waals surface area contributed by atoms with Gasteiger partial charge in [-0.3, -0.25) is 9.97 Å². The van der Waals surface area contributed by atoms with E-state index in [1.165, 1.54) is 27.7 Å². The zero-order chi connectivity index (χ0) is 32.6. The lowest BCUT2D eigenvalue weighted by molar-refractivity contribution is 0.130.